The lowest BCUT2D eigenvalue weighted by Gasteiger charge is -2.20. The van der Waals surface area contributed by atoms with Crippen molar-refractivity contribution in [2.45, 2.75) is 38.5 Å². The lowest BCUT2D eigenvalue weighted by atomic mass is 9.84. The van der Waals surface area contributed by atoms with Crippen LogP contribution in [0.3, 0.4) is 0 Å². The zero-order chi connectivity index (χ0) is 21.8. The number of carbonyl (C=O) groups is 1. The van der Waals surface area contributed by atoms with Crippen molar-refractivity contribution in [2.24, 2.45) is 5.92 Å². The number of benzene rings is 1. The van der Waals surface area contributed by atoms with E-state index in [0.29, 0.717) is 12.3 Å². The molecule has 1 N–H and O–H groups in total. The van der Waals surface area contributed by atoms with E-state index < -0.39 is 0 Å². The molecular weight excluding hydrogens is 396 g/mol. The number of hydrogen-bond acceptors (Lipinski definition) is 4. The molecule has 32 heavy (non-hydrogen) atoms. The fourth-order valence-electron chi connectivity index (χ4n) is 4.57. The van der Waals surface area contributed by atoms with Crippen LogP contribution in [0.4, 0.5) is 0 Å². The molecule has 1 saturated carbocycles. The molecule has 0 saturated heterocycles. The Labute approximate surface area is 188 Å². The average molecular weight is 423 g/mol. The Bertz CT molecular complexity index is 1190. The third kappa shape index (κ3) is 4.37. The molecule has 5 nitrogen and oxygen atoms in total. The second-order valence-corrected chi connectivity index (χ2v) is 8.51. The molecule has 1 aliphatic rings. The van der Waals surface area contributed by atoms with E-state index in [1.54, 1.807) is 6.20 Å². The molecule has 0 spiro atoms. The van der Waals surface area contributed by atoms with Crippen molar-refractivity contribution < 1.29 is 4.79 Å². The first-order valence-electron chi connectivity index (χ1n) is 11.3. The number of nitrogens with one attached hydrogen (secondary N) is 1. The van der Waals surface area contributed by atoms with Crippen LogP contribution in [-0.4, -0.2) is 25.9 Å². The highest BCUT2D eigenvalue weighted by atomic mass is 16.1. The molecule has 1 aromatic carbocycles. The van der Waals surface area contributed by atoms with Crippen molar-refractivity contribution in [3.8, 4) is 33.8 Å². The van der Waals surface area contributed by atoms with Crippen LogP contribution in [0, 0.1) is 5.92 Å². The number of rotatable bonds is 6. The highest BCUT2D eigenvalue weighted by molar-refractivity contribution is 5.96. The highest BCUT2D eigenvalue weighted by Gasteiger charge is 2.18. The maximum atomic E-state index is 12.7. The number of ketones is 1. The zero-order valence-electron chi connectivity index (χ0n) is 18.0. The minimum absolute atomic E-state index is 0.253. The molecule has 0 radical (unpaired) electrons. The molecule has 0 bridgehead atoms. The number of hydrogen-bond donors (Lipinski definition) is 1. The van der Waals surface area contributed by atoms with Gasteiger partial charge in [0.15, 0.2) is 5.78 Å². The Hall–Kier alpha value is -3.60. The maximum Gasteiger partial charge on any atom is 0.163 e. The van der Waals surface area contributed by atoms with Crippen LogP contribution in [0.1, 0.15) is 48.9 Å². The molecule has 1 fully saturated rings. The van der Waals surface area contributed by atoms with Crippen LogP contribution in [0.2, 0.25) is 0 Å². The first-order valence-corrected chi connectivity index (χ1v) is 11.3. The molecule has 0 aliphatic heterocycles. The summed E-state index contributed by atoms with van der Waals surface area (Å²) in [5.74, 6) is 0.807. The molecule has 3 heterocycles. The van der Waals surface area contributed by atoms with Gasteiger partial charge in [-0.1, -0.05) is 62.4 Å². The topological polar surface area (TPSA) is 71.5 Å². The molecule has 3 aromatic heterocycles. The van der Waals surface area contributed by atoms with Gasteiger partial charge in [0.05, 0.1) is 23.3 Å². The summed E-state index contributed by atoms with van der Waals surface area (Å²) in [6.45, 7) is 0. The van der Waals surface area contributed by atoms with E-state index in [4.69, 9.17) is 0 Å². The predicted molar refractivity (Wildman–Crippen MR) is 126 cm³/mol. The lowest BCUT2D eigenvalue weighted by molar-refractivity contribution is 0.0950. The molecule has 160 valence electrons. The summed E-state index contributed by atoms with van der Waals surface area (Å²) in [4.78, 5) is 21.7. The fourth-order valence-corrected chi connectivity index (χ4v) is 4.57. The third-order valence-corrected chi connectivity index (χ3v) is 6.33. The van der Waals surface area contributed by atoms with Crippen molar-refractivity contribution in [3.05, 3.63) is 78.8 Å². The van der Waals surface area contributed by atoms with Gasteiger partial charge in [0, 0.05) is 35.5 Å². The van der Waals surface area contributed by atoms with Crippen molar-refractivity contribution in [1.29, 1.82) is 0 Å². The van der Waals surface area contributed by atoms with Gasteiger partial charge in [-0.05, 0) is 35.7 Å². The van der Waals surface area contributed by atoms with Crippen LogP contribution < -0.4 is 0 Å². The predicted octanol–water partition coefficient (Wildman–Crippen LogP) is 6.35. The Balaban J connectivity index is 1.36. The summed E-state index contributed by atoms with van der Waals surface area (Å²) < 4.78 is 0. The van der Waals surface area contributed by atoms with Gasteiger partial charge in [0.25, 0.3) is 0 Å². The number of pyridine rings is 2. The molecule has 4 aromatic rings. The fraction of sp³-hybridized carbons (Fsp3) is 0.259. The first kappa shape index (κ1) is 20.3. The summed E-state index contributed by atoms with van der Waals surface area (Å²) in [6, 6.07) is 17.7. The lowest BCUT2D eigenvalue weighted by Crippen LogP contribution is -2.12. The van der Waals surface area contributed by atoms with Gasteiger partial charge in [-0.15, -0.1) is 0 Å². The standard InChI is InChI=1S/C27H26N4O/c32-26(16-19-6-2-1-3-7-19)21-11-9-20(10-12-21)25-17-22(13-15-29-25)23-18-30-31-27(23)24-8-4-5-14-28-24/h4-5,8-15,17-19H,1-3,6-7,16H2,(H,30,31). The number of H-pyrrole nitrogens is 1. The Morgan fingerprint density at radius 3 is 2.47 bits per heavy atom. The van der Waals surface area contributed by atoms with Gasteiger partial charge >= 0.3 is 0 Å². The monoisotopic (exact) mass is 422 g/mol. The van der Waals surface area contributed by atoms with E-state index in [2.05, 4.69) is 26.2 Å². The summed E-state index contributed by atoms with van der Waals surface area (Å²) in [5.41, 5.74) is 6.37. The second-order valence-electron chi connectivity index (χ2n) is 8.51. The van der Waals surface area contributed by atoms with Crippen molar-refractivity contribution in [2.75, 3.05) is 0 Å². The number of aromatic amines is 1. The van der Waals surface area contributed by atoms with Crippen molar-refractivity contribution in [1.82, 2.24) is 20.2 Å². The quantitative estimate of drug-likeness (QED) is 0.367. The number of Topliss-reactive ketones (excluding diaryl/α,β-unsaturated/α-hetero) is 1. The van der Waals surface area contributed by atoms with E-state index >= 15 is 0 Å². The summed E-state index contributed by atoms with van der Waals surface area (Å²) in [5, 5.41) is 7.30. The summed E-state index contributed by atoms with van der Waals surface area (Å²) >= 11 is 0. The van der Waals surface area contributed by atoms with E-state index in [-0.39, 0.29) is 5.78 Å². The normalized spacial score (nSPS) is 14.4. The van der Waals surface area contributed by atoms with E-state index in [0.717, 1.165) is 39.3 Å². The molecule has 1 aliphatic carbocycles. The van der Waals surface area contributed by atoms with Crippen LogP contribution >= 0.6 is 0 Å². The molecule has 0 amide bonds. The largest absolute Gasteiger partial charge is 0.294 e. The van der Waals surface area contributed by atoms with Crippen LogP contribution in [0.5, 0.6) is 0 Å². The second kappa shape index (κ2) is 9.27. The Morgan fingerprint density at radius 1 is 0.875 bits per heavy atom. The smallest absolute Gasteiger partial charge is 0.163 e. The molecule has 5 heteroatoms. The zero-order valence-corrected chi connectivity index (χ0v) is 18.0. The van der Waals surface area contributed by atoms with Crippen molar-refractivity contribution >= 4 is 5.78 Å². The van der Waals surface area contributed by atoms with E-state index in [9.17, 15) is 4.79 Å². The van der Waals surface area contributed by atoms with Crippen LogP contribution in [0.15, 0.2) is 73.2 Å². The van der Waals surface area contributed by atoms with Crippen LogP contribution in [-0.2, 0) is 0 Å². The Morgan fingerprint density at radius 2 is 1.69 bits per heavy atom. The van der Waals surface area contributed by atoms with Gasteiger partial charge in [0.2, 0.25) is 0 Å². The first-order chi connectivity index (χ1) is 15.8. The summed E-state index contributed by atoms with van der Waals surface area (Å²) in [7, 11) is 0. The van der Waals surface area contributed by atoms with Gasteiger partial charge in [-0.25, -0.2) is 0 Å². The van der Waals surface area contributed by atoms with Crippen LogP contribution in [0.25, 0.3) is 33.8 Å². The molecular formula is C27H26N4O. The van der Waals surface area contributed by atoms with E-state index in [1.807, 2.05) is 60.9 Å². The van der Waals surface area contributed by atoms with E-state index in [1.165, 1.54) is 32.1 Å². The average Bonchev–Trinajstić information content (AvgIpc) is 3.36. The van der Waals surface area contributed by atoms with Gasteiger partial charge in [0.1, 0.15) is 0 Å². The molecule has 0 atom stereocenters. The van der Waals surface area contributed by atoms with Gasteiger partial charge in [-0.3, -0.25) is 19.9 Å². The Kier molecular flexibility index (Phi) is 5.88. The number of carbonyl (C=O) groups excluding carboxylic acids is 1. The SMILES string of the molecule is O=C(CC1CCCCC1)c1ccc(-c2cc(-c3cn[nH]c3-c3ccccn3)ccn2)cc1. The van der Waals surface area contributed by atoms with Gasteiger partial charge < -0.3 is 0 Å². The maximum absolute atomic E-state index is 12.7. The van der Waals surface area contributed by atoms with Crippen molar-refractivity contribution in [3.63, 3.8) is 0 Å². The van der Waals surface area contributed by atoms with Gasteiger partial charge in [-0.2, -0.15) is 5.10 Å². The number of nitrogens with zero attached hydrogens (tertiary/aromatic N) is 3. The summed E-state index contributed by atoms with van der Waals surface area (Å²) in [6.07, 6.45) is 12.3. The number of aromatic nitrogens is 4. The third-order valence-electron chi connectivity index (χ3n) is 6.33. The minimum atomic E-state index is 0.253. The minimum Gasteiger partial charge on any atom is -0.294 e. The molecule has 0 unspecified atom stereocenters. The highest BCUT2D eigenvalue weighted by Crippen LogP contribution is 2.31. The molecule has 5 rings (SSSR count).